The van der Waals surface area contributed by atoms with Gasteiger partial charge in [0.1, 0.15) is 16.0 Å². The van der Waals surface area contributed by atoms with Crippen molar-refractivity contribution in [3.8, 4) is 11.5 Å². The van der Waals surface area contributed by atoms with E-state index in [0.717, 1.165) is 0 Å². The van der Waals surface area contributed by atoms with E-state index >= 15 is 0 Å². The van der Waals surface area contributed by atoms with Gasteiger partial charge in [0, 0.05) is 11.3 Å². The minimum absolute atomic E-state index is 0.117. The highest BCUT2D eigenvalue weighted by atomic mass is 79.9. The standard InChI is InChI=1S/C20H20BrNO6/c1-11(23)13-6-5-7-15(8-13)22-19(24)12(2)28-20(25)14-9-16(26-3)18(21)17(10-14)27-4/h5-10,12H,1-4H3,(H,22,24). The van der Waals surface area contributed by atoms with Crippen molar-refractivity contribution in [2.75, 3.05) is 19.5 Å². The zero-order valence-corrected chi connectivity index (χ0v) is 17.5. The van der Waals surface area contributed by atoms with E-state index in [4.69, 9.17) is 14.2 Å². The van der Waals surface area contributed by atoms with Gasteiger partial charge in [0.15, 0.2) is 11.9 Å². The van der Waals surface area contributed by atoms with E-state index in [1.54, 1.807) is 24.3 Å². The van der Waals surface area contributed by atoms with Crippen LogP contribution in [0.4, 0.5) is 5.69 Å². The number of carbonyl (C=O) groups excluding carboxylic acids is 3. The molecule has 0 heterocycles. The van der Waals surface area contributed by atoms with Crippen LogP contribution in [-0.2, 0) is 9.53 Å². The molecule has 0 aliphatic rings. The van der Waals surface area contributed by atoms with Crippen molar-refractivity contribution in [1.82, 2.24) is 0 Å². The molecule has 28 heavy (non-hydrogen) atoms. The molecule has 1 atom stereocenters. The van der Waals surface area contributed by atoms with Gasteiger partial charge in [-0.25, -0.2) is 4.79 Å². The van der Waals surface area contributed by atoms with Gasteiger partial charge in [-0.2, -0.15) is 0 Å². The van der Waals surface area contributed by atoms with Crippen LogP contribution in [0.15, 0.2) is 40.9 Å². The lowest BCUT2D eigenvalue weighted by Crippen LogP contribution is -2.30. The monoisotopic (exact) mass is 449 g/mol. The van der Waals surface area contributed by atoms with Crippen LogP contribution >= 0.6 is 15.9 Å². The summed E-state index contributed by atoms with van der Waals surface area (Å²) in [5.41, 5.74) is 1.08. The first-order valence-corrected chi connectivity index (χ1v) is 9.10. The Morgan fingerprint density at radius 1 is 1.00 bits per heavy atom. The number of benzene rings is 2. The number of hydrogen-bond acceptors (Lipinski definition) is 6. The summed E-state index contributed by atoms with van der Waals surface area (Å²) in [6, 6.07) is 9.47. The van der Waals surface area contributed by atoms with Crippen molar-refractivity contribution in [2.24, 2.45) is 0 Å². The number of carbonyl (C=O) groups is 3. The summed E-state index contributed by atoms with van der Waals surface area (Å²) >= 11 is 3.32. The zero-order chi connectivity index (χ0) is 20.8. The molecule has 0 radical (unpaired) electrons. The van der Waals surface area contributed by atoms with Crippen molar-refractivity contribution in [1.29, 1.82) is 0 Å². The maximum atomic E-state index is 12.4. The molecule has 7 nitrogen and oxygen atoms in total. The van der Waals surface area contributed by atoms with Gasteiger partial charge in [0.2, 0.25) is 0 Å². The maximum absolute atomic E-state index is 12.4. The van der Waals surface area contributed by atoms with E-state index < -0.39 is 18.0 Å². The number of hydrogen-bond donors (Lipinski definition) is 1. The van der Waals surface area contributed by atoms with Crippen LogP contribution in [0.2, 0.25) is 0 Å². The summed E-state index contributed by atoms with van der Waals surface area (Å²) in [5, 5.41) is 2.62. The number of nitrogens with one attached hydrogen (secondary N) is 1. The molecule has 2 aromatic carbocycles. The second-order valence-electron chi connectivity index (χ2n) is 5.87. The Bertz CT molecular complexity index is 886. The number of ether oxygens (including phenoxy) is 3. The zero-order valence-electron chi connectivity index (χ0n) is 15.9. The molecule has 0 saturated heterocycles. The fourth-order valence-electron chi connectivity index (χ4n) is 2.33. The molecule has 8 heteroatoms. The number of halogens is 1. The molecule has 148 valence electrons. The fourth-order valence-corrected chi connectivity index (χ4v) is 2.88. The number of ketones is 1. The highest BCUT2D eigenvalue weighted by Crippen LogP contribution is 2.35. The van der Waals surface area contributed by atoms with Crippen molar-refractivity contribution < 1.29 is 28.6 Å². The molecule has 1 N–H and O–H groups in total. The number of esters is 1. The van der Waals surface area contributed by atoms with Crippen LogP contribution in [0.1, 0.15) is 34.6 Å². The first kappa shape index (κ1) is 21.4. The average Bonchev–Trinajstić information content (AvgIpc) is 2.68. The molecule has 0 aliphatic heterocycles. The van der Waals surface area contributed by atoms with E-state index in [-0.39, 0.29) is 11.3 Å². The number of Topliss-reactive ketones (excluding diaryl/α,β-unsaturated/α-hetero) is 1. The lowest BCUT2D eigenvalue weighted by atomic mass is 10.1. The van der Waals surface area contributed by atoms with Gasteiger partial charge in [-0.15, -0.1) is 0 Å². The predicted molar refractivity (Wildman–Crippen MR) is 107 cm³/mol. The Kier molecular flexibility index (Phi) is 7.17. The third kappa shape index (κ3) is 5.10. The van der Waals surface area contributed by atoms with E-state index in [9.17, 15) is 14.4 Å². The Labute approximate surface area is 171 Å². The van der Waals surface area contributed by atoms with Crippen molar-refractivity contribution in [3.05, 3.63) is 52.0 Å². The summed E-state index contributed by atoms with van der Waals surface area (Å²) in [6.45, 7) is 2.89. The van der Waals surface area contributed by atoms with Gasteiger partial charge in [0.25, 0.3) is 5.91 Å². The van der Waals surface area contributed by atoms with Crippen LogP contribution in [0.5, 0.6) is 11.5 Å². The van der Waals surface area contributed by atoms with Crippen LogP contribution in [-0.4, -0.2) is 38.0 Å². The molecule has 0 aromatic heterocycles. The molecular formula is C20H20BrNO6. The van der Waals surface area contributed by atoms with Crippen LogP contribution in [0.3, 0.4) is 0 Å². The highest BCUT2D eigenvalue weighted by molar-refractivity contribution is 9.10. The van der Waals surface area contributed by atoms with Crippen LogP contribution in [0.25, 0.3) is 0 Å². The fraction of sp³-hybridized carbons (Fsp3) is 0.250. The molecule has 2 aromatic rings. The Morgan fingerprint density at radius 2 is 1.61 bits per heavy atom. The van der Waals surface area contributed by atoms with E-state index in [0.29, 0.717) is 27.2 Å². The lowest BCUT2D eigenvalue weighted by molar-refractivity contribution is -0.123. The molecule has 1 amide bonds. The Balaban J connectivity index is 2.10. The third-order valence-electron chi connectivity index (χ3n) is 3.87. The van der Waals surface area contributed by atoms with Crippen molar-refractivity contribution in [3.63, 3.8) is 0 Å². The first-order chi connectivity index (χ1) is 13.3. The number of rotatable bonds is 7. The Morgan fingerprint density at radius 3 is 2.14 bits per heavy atom. The molecule has 0 bridgehead atoms. The van der Waals surface area contributed by atoms with E-state index in [2.05, 4.69) is 21.2 Å². The minimum Gasteiger partial charge on any atom is -0.495 e. The lowest BCUT2D eigenvalue weighted by Gasteiger charge is -2.15. The smallest absolute Gasteiger partial charge is 0.339 e. The van der Waals surface area contributed by atoms with Gasteiger partial charge < -0.3 is 19.5 Å². The SMILES string of the molecule is COc1cc(C(=O)OC(C)C(=O)Nc2cccc(C(C)=O)c2)cc(OC)c1Br. The normalized spacial score (nSPS) is 11.3. The van der Waals surface area contributed by atoms with E-state index in [1.807, 2.05) is 0 Å². The van der Waals surface area contributed by atoms with Gasteiger partial charge >= 0.3 is 5.97 Å². The van der Waals surface area contributed by atoms with Gasteiger partial charge in [-0.3, -0.25) is 9.59 Å². The molecule has 0 spiro atoms. The topological polar surface area (TPSA) is 90.9 Å². The van der Waals surface area contributed by atoms with Gasteiger partial charge in [0.05, 0.1) is 19.8 Å². The second kappa shape index (κ2) is 9.36. The molecular weight excluding hydrogens is 430 g/mol. The first-order valence-electron chi connectivity index (χ1n) is 8.31. The Hall–Kier alpha value is -2.87. The maximum Gasteiger partial charge on any atom is 0.339 e. The molecule has 1 unspecified atom stereocenters. The molecule has 0 aliphatic carbocycles. The summed E-state index contributed by atoms with van der Waals surface area (Å²) < 4.78 is 16.2. The quantitative estimate of drug-likeness (QED) is 0.509. The van der Waals surface area contributed by atoms with E-state index in [1.165, 1.54) is 40.2 Å². The summed E-state index contributed by atoms with van der Waals surface area (Å²) in [6.07, 6.45) is -1.06. The third-order valence-corrected chi connectivity index (χ3v) is 4.65. The largest absolute Gasteiger partial charge is 0.495 e. The minimum atomic E-state index is -1.06. The van der Waals surface area contributed by atoms with Crippen molar-refractivity contribution >= 4 is 39.3 Å². The van der Waals surface area contributed by atoms with Crippen LogP contribution < -0.4 is 14.8 Å². The van der Waals surface area contributed by atoms with Gasteiger partial charge in [-0.1, -0.05) is 12.1 Å². The molecule has 0 fully saturated rings. The molecule has 2 rings (SSSR count). The number of amides is 1. The van der Waals surface area contributed by atoms with Gasteiger partial charge in [-0.05, 0) is 54.0 Å². The summed E-state index contributed by atoms with van der Waals surface area (Å²) in [7, 11) is 2.92. The summed E-state index contributed by atoms with van der Waals surface area (Å²) in [5.74, 6) is -0.558. The number of anilines is 1. The summed E-state index contributed by atoms with van der Waals surface area (Å²) in [4.78, 5) is 36.2. The predicted octanol–water partition coefficient (Wildman–Crippen LogP) is 3.85. The molecule has 0 saturated carbocycles. The number of methoxy groups -OCH3 is 2. The van der Waals surface area contributed by atoms with Crippen LogP contribution in [0, 0.1) is 0 Å². The second-order valence-corrected chi connectivity index (χ2v) is 6.66. The average molecular weight is 450 g/mol. The highest BCUT2D eigenvalue weighted by Gasteiger charge is 2.21. The van der Waals surface area contributed by atoms with Crippen molar-refractivity contribution in [2.45, 2.75) is 20.0 Å².